The lowest BCUT2D eigenvalue weighted by molar-refractivity contribution is -0.385. The van der Waals surface area contributed by atoms with E-state index in [-0.39, 0.29) is 17.0 Å². The van der Waals surface area contributed by atoms with Crippen molar-refractivity contribution in [3.8, 4) is 0 Å². The maximum atomic E-state index is 11.7. The quantitative estimate of drug-likeness (QED) is 0.653. The third-order valence-corrected chi connectivity index (χ3v) is 3.41. The first-order chi connectivity index (χ1) is 9.45. The van der Waals surface area contributed by atoms with E-state index < -0.39 is 16.6 Å². The van der Waals surface area contributed by atoms with Crippen LogP contribution in [-0.2, 0) is 0 Å². The maximum Gasteiger partial charge on any atom is 0.273 e. The van der Waals surface area contributed by atoms with Crippen molar-refractivity contribution in [1.29, 1.82) is 0 Å². The van der Waals surface area contributed by atoms with Gasteiger partial charge in [0.05, 0.1) is 28.3 Å². The molecule has 2 N–H and O–H groups in total. The van der Waals surface area contributed by atoms with Crippen LogP contribution < -0.4 is 5.56 Å². The molecule has 2 rings (SSSR count). The van der Waals surface area contributed by atoms with E-state index in [0.29, 0.717) is 17.5 Å². The molecular weight excluding hydrogens is 262 g/mol. The van der Waals surface area contributed by atoms with Crippen molar-refractivity contribution in [3.63, 3.8) is 0 Å². The number of hydrogen-bond acceptors (Lipinski definition) is 5. The third-order valence-electron chi connectivity index (χ3n) is 3.41. The number of H-pyrrole nitrogens is 1. The number of nitrogens with zero attached hydrogens (tertiary/aromatic N) is 2. The lowest BCUT2D eigenvalue weighted by atomic mass is 9.90. The molecule has 2 atom stereocenters. The van der Waals surface area contributed by atoms with E-state index in [9.17, 15) is 20.0 Å². The Bertz CT molecular complexity index is 708. The van der Waals surface area contributed by atoms with Crippen LogP contribution in [0, 0.1) is 10.1 Å². The van der Waals surface area contributed by atoms with Gasteiger partial charge in [0.1, 0.15) is 0 Å². The highest BCUT2D eigenvalue weighted by Gasteiger charge is 2.26. The fourth-order valence-corrected chi connectivity index (χ4v) is 2.40. The molecule has 0 amide bonds. The molecule has 1 aromatic carbocycles. The van der Waals surface area contributed by atoms with Crippen LogP contribution in [0.1, 0.15) is 31.7 Å². The molecule has 7 heteroatoms. The van der Waals surface area contributed by atoms with Crippen LogP contribution in [0.25, 0.3) is 10.9 Å². The number of rotatable bonds is 4. The highest BCUT2D eigenvalue weighted by atomic mass is 16.6. The number of aromatic nitrogens is 2. The second kappa shape index (κ2) is 5.38. The van der Waals surface area contributed by atoms with Gasteiger partial charge < -0.3 is 10.1 Å². The van der Waals surface area contributed by atoms with Gasteiger partial charge >= 0.3 is 0 Å². The SMILES string of the molecule is CCC(c1cc2nc[nH]c(=O)c2cc1[N+](=O)[O-])C(C)O. The molecule has 0 fully saturated rings. The van der Waals surface area contributed by atoms with E-state index in [1.54, 1.807) is 6.92 Å². The van der Waals surface area contributed by atoms with E-state index >= 15 is 0 Å². The van der Waals surface area contributed by atoms with Crippen molar-refractivity contribution in [2.24, 2.45) is 0 Å². The predicted molar refractivity (Wildman–Crippen MR) is 73.7 cm³/mol. The highest BCUT2D eigenvalue weighted by Crippen LogP contribution is 2.33. The van der Waals surface area contributed by atoms with Gasteiger partial charge in [-0.1, -0.05) is 6.92 Å². The molecule has 1 heterocycles. The summed E-state index contributed by atoms with van der Waals surface area (Å²) in [5.74, 6) is -0.374. The van der Waals surface area contributed by atoms with Crippen molar-refractivity contribution in [3.05, 3.63) is 44.5 Å². The molecule has 20 heavy (non-hydrogen) atoms. The zero-order valence-electron chi connectivity index (χ0n) is 11.2. The van der Waals surface area contributed by atoms with Gasteiger partial charge in [-0.15, -0.1) is 0 Å². The Balaban J connectivity index is 2.78. The average Bonchev–Trinajstić information content (AvgIpc) is 2.38. The molecule has 2 unspecified atom stereocenters. The van der Waals surface area contributed by atoms with Gasteiger partial charge in [0, 0.05) is 17.5 Å². The fraction of sp³-hybridized carbons (Fsp3) is 0.385. The van der Waals surface area contributed by atoms with E-state index in [1.165, 1.54) is 18.5 Å². The normalized spacial score (nSPS) is 14.2. The van der Waals surface area contributed by atoms with E-state index in [2.05, 4.69) is 9.97 Å². The van der Waals surface area contributed by atoms with Crippen molar-refractivity contribution in [1.82, 2.24) is 9.97 Å². The summed E-state index contributed by atoms with van der Waals surface area (Å²) in [6, 6.07) is 2.74. The zero-order valence-corrected chi connectivity index (χ0v) is 11.2. The molecular formula is C13H15N3O4. The molecule has 0 bridgehead atoms. The molecule has 0 aliphatic rings. The summed E-state index contributed by atoms with van der Waals surface area (Å²) >= 11 is 0. The number of nitro benzene ring substituents is 1. The van der Waals surface area contributed by atoms with E-state index in [1.807, 2.05) is 6.92 Å². The Morgan fingerprint density at radius 3 is 2.75 bits per heavy atom. The molecule has 0 aliphatic heterocycles. The van der Waals surface area contributed by atoms with Crippen LogP contribution in [0.3, 0.4) is 0 Å². The summed E-state index contributed by atoms with van der Waals surface area (Å²) < 4.78 is 0. The number of nitrogens with one attached hydrogen (secondary N) is 1. The highest BCUT2D eigenvalue weighted by molar-refractivity contribution is 5.81. The fourth-order valence-electron chi connectivity index (χ4n) is 2.40. The molecule has 0 radical (unpaired) electrons. The summed E-state index contributed by atoms with van der Waals surface area (Å²) in [6.07, 6.45) is 1.08. The summed E-state index contributed by atoms with van der Waals surface area (Å²) in [7, 11) is 0. The van der Waals surface area contributed by atoms with Crippen LogP contribution in [0.15, 0.2) is 23.3 Å². The monoisotopic (exact) mass is 277 g/mol. The Kier molecular flexibility index (Phi) is 3.80. The third kappa shape index (κ3) is 2.39. The van der Waals surface area contributed by atoms with Crippen molar-refractivity contribution in [2.75, 3.05) is 0 Å². The first kappa shape index (κ1) is 14.1. The molecule has 2 aromatic rings. The number of benzene rings is 1. The number of aromatic amines is 1. The summed E-state index contributed by atoms with van der Waals surface area (Å²) in [6.45, 7) is 3.43. The van der Waals surface area contributed by atoms with Gasteiger partial charge in [-0.3, -0.25) is 14.9 Å². The molecule has 1 aromatic heterocycles. The maximum absolute atomic E-state index is 11.7. The van der Waals surface area contributed by atoms with Crippen molar-refractivity contribution >= 4 is 16.6 Å². The molecule has 0 spiro atoms. The molecule has 0 aliphatic carbocycles. The van der Waals surface area contributed by atoms with Crippen LogP contribution in [0.2, 0.25) is 0 Å². The zero-order chi connectivity index (χ0) is 14.9. The Labute approximate surface area is 114 Å². The van der Waals surface area contributed by atoms with Crippen LogP contribution in [0.5, 0.6) is 0 Å². The molecule has 0 saturated carbocycles. The van der Waals surface area contributed by atoms with Gasteiger partial charge in [0.2, 0.25) is 0 Å². The predicted octanol–water partition coefficient (Wildman–Crippen LogP) is 1.71. The first-order valence-electron chi connectivity index (χ1n) is 6.29. The Hall–Kier alpha value is -2.28. The first-order valence-corrected chi connectivity index (χ1v) is 6.29. The summed E-state index contributed by atoms with van der Waals surface area (Å²) in [4.78, 5) is 28.8. The topological polar surface area (TPSA) is 109 Å². The van der Waals surface area contributed by atoms with Gasteiger partial charge in [0.25, 0.3) is 11.2 Å². The minimum atomic E-state index is -0.724. The Morgan fingerprint density at radius 1 is 1.50 bits per heavy atom. The number of nitro groups is 1. The van der Waals surface area contributed by atoms with Crippen molar-refractivity contribution < 1.29 is 10.0 Å². The Morgan fingerprint density at radius 2 is 2.20 bits per heavy atom. The minimum absolute atomic E-state index is 0.163. The molecule has 106 valence electrons. The van der Waals surface area contributed by atoms with E-state index in [0.717, 1.165) is 0 Å². The molecule has 0 saturated heterocycles. The van der Waals surface area contributed by atoms with Gasteiger partial charge in [0.15, 0.2) is 0 Å². The largest absolute Gasteiger partial charge is 0.393 e. The number of hydrogen-bond donors (Lipinski definition) is 2. The lowest BCUT2D eigenvalue weighted by Crippen LogP contribution is -2.16. The number of fused-ring (bicyclic) bond motifs is 1. The lowest BCUT2D eigenvalue weighted by Gasteiger charge is -2.18. The minimum Gasteiger partial charge on any atom is -0.393 e. The second-order valence-electron chi connectivity index (χ2n) is 4.67. The van der Waals surface area contributed by atoms with Crippen LogP contribution >= 0.6 is 0 Å². The smallest absolute Gasteiger partial charge is 0.273 e. The van der Waals surface area contributed by atoms with Gasteiger partial charge in [-0.25, -0.2) is 4.98 Å². The molecule has 7 nitrogen and oxygen atoms in total. The number of aliphatic hydroxyl groups is 1. The summed E-state index contributed by atoms with van der Waals surface area (Å²) in [5, 5.41) is 21.2. The second-order valence-corrected chi connectivity index (χ2v) is 4.67. The standard InChI is InChI=1S/C13H15N3O4/c1-3-8(7(2)17)9-4-11-10(5-12(9)16(19)20)13(18)15-6-14-11/h4-8,17H,3H2,1-2H3,(H,14,15,18). The van der Waals surface area contributed by atoms with Crippen molar-refractivity contribution in [2.45, 2.75) is 32.3 Å². The van der Waals surface area contributed by atoms with Crippen LogP contribution in [-0.4, -0.2) is 26.1 Å². The van der Waals surface area contributed by atoms with E-state index in [4.69, 9.17) is 0 Å². The van der Waals surface area contributed by atoms with Gasteiger partial charge in [-0.2, -0.15) is 0 Å². The van der Waals surface area contributed by atoms with Crippen LogP contribution in [0.4, 0.5) is 5.69 Å². The van der Waals surface area contributed by atoms with Gasteiger partial charge in [-0.05, 0) is 19.4 Å². The average molecular weight is 277 g/mol. The number of aliphatic hydroxyl groups excluding tert-OH is 1. The summed E-state index contributed by atoms with van der Waals surface area (Å²) in [5.41, 5.74) is 0.199.